The second kappa shape index (κ2) is 6.88. The van der Waals surface area contributed by atoms with E-state index in [1.807, 2.05) is 31.2 Å². The number of nitrogens with one attached hydrogen (secondary N) is 1. The molecule has 5 heteroatoms. The number of hydrogen-bond donors (Lipinski definition) is 1. The van der Waals surface area contributed by atoms with Crippen LogP contribution in [0.3, 0.4) is 0 Å². The number of carbonyl (C=O) groups excluding carboxylic acids is 1. The van der Waals surface area contributed by atoms with Crippen LogP contribution in [0.15, 0.2) is 35.1 Å². The van der Waals surface area contributed by atoms with Crippen molar-refractivity contribution in [3.05, 3.63) is 46.2 Å². The lowest BCUT2D eigenvalue weighted by atomic mass is 9.82. The highest BCUT2D eigenvalue weighted by atomic mass is 16.5. The second-order valence-corrected chi connectivity index (χ2v) is 7.79. The molecule has 2 aliphatic rings. The van der Waals surface area contributed by atoms with E-state index in [0.29, 0.717) is 6.61 Å². The van der Waals surface area contributed by atoms with Gasteiger partial charge in [-0.25, -0.2) is 0 Å². The number of benzene rings is 1. The van der Waals surface area contributed by atoms with Gasteiger partial charge in [-0.05, 0) is 37.8 Å². The maximum absolute atomic E-state index is 12.6. The van der Waals surface area contributed by atoms with Crippen molar-refractivity contribution >= 4 is 16.8 Å². The van der Waals surface area contributed by atoms with Crippen molar-refractivity contribution in [3.8, 4) is 0 Å². The molecule has 1 spiro atoms. The molecular formula is C21H26N2O3. The summed E-state index contributed by atoms with van der Waals surface area (Å²) in [6, 6.07) is 9.37. The first kappa shape index (κ1) is 17.3. The fourth-order valence-electron chi connectivity index (χ4n) is 4.56. The van der Waals surface area contributed by atoms with Gasteiger partial charge in [0, 0.05) is 11.5 Å². The third-order valence-corrected chi connectivity index (χ3v) is 5.87. The number of pyridine rings is 1. The first-order valence-electron chi connectivity index (χ1n) is 9.59. The van der Waals surface area contributed by atoms with Gasteiger partial charge in [0.15, 0.2) is 0 Å². The van der Waals surface area contributed by atoms with Gasteiger partial charge in [-0.1, -0.05) is 37.5 Å². The Balaban J connectivity index is 1.48. The van der Waals surface area contributed by atoms with E-state index in [0.717, 1.165) is 35.7 Å². The summed E-state index contributed by atoms with van der Waals surface area (Å²) in [5, 5.41) is 4.09. The molecule has 1 amide bonds. The summed E-state index contributed by atoms with van der Waals surface area (Å²) in [6.07, 6.45) is 6.80. The zero-order chi connectivity index (χ0) is 18.1. The largest absolute Gasteiger partial charge is 0.373 e. The standard InChI is InChI=1S/C21H26N2O3/c1-15-11-20(25)23(18-8-4-3-7-17(15)18)13-19(24)22-16-12-21(26-14-16)9-5-2-6-10-21/h3-4,7-8,11,16H,2,5-6,9-10,12-14H2,1H3,(H,22,24)/t16-/m1/s1. The Morgan fingerprint density at radius 2 is 2.04 bits per heavy atom. The first-order chi connectivity index (χ1) is 12.6. The third kappa shape index (κ3) is 3.28. The zero-order valence-electron chi connectivity index (χ0n) is 15.3. The number of aryl methyl sites for hydroxylation is 1. The van der Waals surface area contributed by atoms with E-state index < -0.39 is 0 Å². The fourth-order valence-corrected chi connectivity index (χ4v) is 4.56. The summed E-state index contributed by atoms with van der Waals surface area (Å²) in [4.78, 5) is 25.0. The molecule has 5 nitrogen and oxygen atoms in total. The maximum Gasteiger partial charge on any atom is 0.251 e. The minimum Gasteiger partial charge on any atom is -0.373 e. The van der Waals surface area contributed by atoms with Crippen LogP contribution >= 0.6 is 0 Å². The Hall–Kier alpha value is -2.14. The number of para-hydroxylation sites is 1. The summed E-state index contributed by atoms with van der Waals surface area (Å²) < 4.78 is 7.63. The van der Waals surface area contributed by atoms with Crippen molar-refractivity contribution in [1.82, 2.24) is 9.88 Å². The van der Waals surface area contributed by atoms with Crippen molar-refractivity contribution in [2.24, 2.45) is 0 Å². The zero-order valence-corrected chi connectivity index (χ0v) is 15.3. The Bertz CT molecular complexity index is 880. The highest BCUT2D eigenvalue weighted by Crippen LogP contribution is 2.39. The summed E-state index contributed by atoms with van der Waals surface area (Å²) in [6.45, 7) is 2.55. The van der Waals surface area contributed by atoms with E-state index in [9.17, 15) is 9.59 Å². The molecule has 1 saturated carbocycles. The van der Waals surface area contributed by atoms with E-state index in [1.165, 1.54) is 19.3 Å². The smallest absolute Gasteiger partial charge is 0.251 e. The lowest BCUT2D eigenvalue weighted by molar-refractivity contribution is -0.122. The normalized spacial score (nSPS) is 22.0. The minimum atomic E-state index is -0.136. The van der Waals surface area contributed by atoms with Gasteiger partial charge in [0.25, 0.3) is 5.56 Å². The van der Waals surface area contributed by atoms with Gasteiger partial charge in [0.05, 0.1) is 23.8 Å². The summed E-state index contributed by atoms with van der Waals surface area (Å²) in [7, 11) is 0. The van der Waals surface area contributed by atoms with Crippen LogP contribution in [0.2, 0.25) is 0 Å². The van der Waals surface area contributed by atoms with Crippen molar-refractivity contribution in [3.63, 3.8) is 0 Å². The Kier molecular flexibility index (Phi) is 4.57. The van der Waals surface area contributed by atoms with E-state index in [4.69, 9.17) is 4.74 Å². The molecule has 26 heavy (non-hydrogen) atoms. The van der Waals surface area contributed by atoms with Crippen molar-refractivity contribution in [2.75, 3.05) is 6.61 Å². The highest BCUT2D eigenvalue weighted by molar-refractivity contribution is 5.84. The first-order valence-corrected chi connectivity index (χ1v) is 9.59. The molecule has 4 rings (SSSR count). The van der Waals surface area contributed by atoms with Crippen LogP contribution in [0.25, 0.3) is 10.9 Å². The lowest BCUT2D eigenvalue weighted by Gasteiger charge is -2.32. The minimum absolute atomic E-state index is 0.0242. The van der Waals surface area contributed by atoms with Crippen LogP contribution in [-0.2, 0) is 16.1 Å². The molecule has 1 saturated heterocycles. The van der Waals surface area contributed by atoms with Gasteiger partial charge in [-0.15, -0.1) is 0 Å². The highest BCUT2D eigenvalue weighted by Gasteiger charge is 2.41. The second-order valence-electron chi connectivity index (χ2n) is 7.79. The molecule has 2 fully saturated rings. The van der Waals surface area contributed by atoms with Gasteiger partial charge in [0.1, 0.15) is 6.54 Å². The van der Waals surface area contributed by atoms with Crippen molar-refractivity contribution < 1.29 is 9.53 Å². The maximum atomic E-state index is 12.6. The Labute approximate surface area is 153 Å². The topological polar surface area (TPSA) is 60.3 Å². The number of amides is 1. The molecule has 0 radical (unpaired) electrons. The molecule has 0 bridgehead atoms. The summed E-state index contributed by atoms with van der Waals surface area (Å²) in [5.41, 5.74) is 1.58. The number of fused-ring (bicyclic) bond motifs is 1. The molecule has 1 aliphatic carbocycles. The van der Waals surface area contributed by atoms with Crippen LogP contribution in [0.5, 0.6) is 0 Å². The molecule has 2 heterocycles. The molecule has 1 N–H and O–H groups in total. The van der Waals surface area contributed by atoms with Gasteiger partial charge in [-0.2, -0.15) is 0 Å². The summed E-state index contributed by atoms with van der Waals surface area (Å²) >= 11 is 0. The molecule has 1 aliphatic heterocycles. The Morgan fingerprint density at radius 1 is 1.27 bits per heavy atom. The quantitative estimate of drug-likeness (QED) is 0.922. The van der Waals surface area contributed by atoms with Gasteiger partial charge < -0.3 is 10.1 Å². The number of rotatable bonds is 3. The van der Waals surface area contributed by atoms with E-state index in [-0.39, 0.29) is 29.7 Å². The molecule has 1 aromatic carbocycles. The fraction of sp³-hybridized carbons (Fsp3) is 0.524. The number of carbonyl (C=O) groups is 1. The molecule has 138 valence electrons. The van der Waals surface area contributed by atoms with Crippen LogP contribution < -0.4 is 10.9 Å². The monoisotopic (exact) mass is 354 g/mol. The predicted octanol–water partition coefficient (Wildman–Crippen LogP) is 2.92. The number of aromatic nitrogens is 1. The summed E-state index contributed by atoms with van der Waals surface area (Å²) in [5.74, 6) is -0.123. The molecule has 0 unspecified atom stereocenters. The number of nitrogens with zero attached hydrogens (tertiary/aromatic N) is 1. The predicted molar refractivity (Wildman–Crippen MR) is 101 cm³/mol. The molecular weight excluding hydrogens is 328 g/mol. The van der Waals surface area contributed by atoms with Crippen LogP contribution in [0.4, 0.5) is 0 Å². The molecule has 2 aromatic rings. The Morgan fingerprint density at radius 3 is 2.85 bits per heavy atom. The van der Waals surface area contributed by atoms with Crippen molar-refractivity contribution in [2.45, 2.75) is 63.6 Å². The van der Waals surface area contributed by atoms with Crippen LogP contribution in [0.1, 0.15) is 44.1 Å². The van der Waals surface area contributed by atoms with E-state index >= 15 is 0 Å². The van der Waals surface area contributed by atoms with Crippen LogP contribution in [-0.4, -0.2) is 28.7 Å². The van der Waals surface area contributed by atoms with Crippen molar-refractivity contribution in [1.29, 1.82) is 0 Å². The van der Waals surface area contributed by atoms with E-state index in [1.54, 1.807) is 10.6 Å². The van der Waals surface area contributed by atoms with Gasteiger partial charge >= 0.3 is 0 Å². The van der Waals surface area contributed by atoms with Crippen LogP contribution in [0, 0.1) is 6.92 Å². The van der Waals surface area contributed by atoms with E-state index in [2.05, 4.69) is 5.32 Å². The number of hydrogen-bond acceptors (Lipinski definition) is 3. The van der Waals surface area contributed by atoms with Gasteiger partial charge in [-0.3, -0.25) is 14.2 Å². The average Bonchev–Trinajstić information content (AvgIpc) is 3.01. The molecule has 1 aromatic heterocycles. The SMILES string of the molecule is Cc1cc(=O)n(CC(=O)N[C@H]2COC3(CCCCC3)C2)c2ccccc12. The average molecular weight is 354 g/mol. The molecule has 1 atom stereocenters. The third-order valence-electron chi connectivity index (χ3n) is 5.87. The number of ether oxygens (including phenoxy) is 1. The lowest BCUT2D eigenvalue weighted by Crippen LogP contribution is -2.40. The van der Waals surface area contributed by atoms with Gasteiger partial charge in [0.2, 0.25) is 5.91 Å².